The van der Waals surface area contributed by atoms with Crippen molar-refractivity contribution in [3.63, 3.8) is 0 Å². The minimum absolute atomic E-state index is 0.307. The molecule has 0 spiro atoms. The SMILES string of the molecule is CNC(Cc1cccc(C)c1)c1csc(C)n1. The molecule has 1 heterocycles. The lowest BCUT2D eigenvalue weighted by atomic mass is 10.0. The summed E-state index contributed by atoms with van der Waals surface area (Å²) in [5, 5.41) is 6.62. The van der Waals surface area contributed by atoms with E-state index in [-0.39, 0.29) is 0 Å². The number of hydrogen-bond donors (Lipinski definition) is 1. The molecule has 0 radical (unpaired) electrons. The number of aryl methyl sites for hydroxylation is 2. The topological polar surface area (TPSA) is 24.9 Å². The van der Waals surface area contributed by atoms with Crippen LogP contribution in [0.25, 0.3) is 0 Å². The summed E-state index contributed by atoms with van der Waals surface area (Å²) in [6, 6.07) is 8.97. The Hall–Kier alpha value is -1.19. The lowest BCUT2D eigenvalue weighted by Crippen LogP contribution is -2.19. The summed E-state index contributed by atoms with van der Waals surface area (Å²) in [4.78, 5) is 4.56. The van der Waals surface area contributed by atoms with Gasteiger partial charge in [-0.25, -0.2) is 4.98 Å². The van der Waals surface area contributed by atoms with Crippen molar-refractivity contribution < 1.29 is 0 Å². The van der Waals surface area contributed by atoms with E-state index in [1.165, 1.54) is 11.1 Å². The number of aromatic nitrogens is 1. The normalized spacial score (nSPS) is 12.6. The van der Waals surface area contributed by atoms with Crippen LogP contribution in [0.2, 0.25) is 0 Å². The van der Waals surface area contributed by atoms with E-state index in [1.54, 1.807) is 11.3 Å². The van der Waals surface area contributed by atoms with E-state index in [9.17, 15) is 0 Å². The largest absolute Gasteiger partial charge is 0.311 e. The van der Waals surface area contributed by atoms with E-state index in [4.69, 9.17) is 0 Å². The van der Waals surface area contributed by atoms with Gasteiger partial charge in [-0.1, -0.05) is 29.8 Å². The van der Waals surface area contributed by atoms with Gasteiger partial charge in [-0.15, -0.1) is 11.3 Å². The Kier molecular flexibility index (Phi) is 3.92. The Morgan fingerprint density at radius 1 is 1.35 bits per heavy atom. The van der Waals surface area contributed by atoms with E-state index in [0.717, 1.165) is 17.1 Å². The van der Waals surface area contributed by atoms with Crippen LogP contribution in [0.5, 0.6) is 0 Å². The molecule has 0 fully saturated rings. The third-order valence-corrected chi connectivity index (χ3v) is 3.66. The van der Waals surface area contributed by atoms with Gasteiger partial charge in [-0.05, 0) is 32.9 Å². The molecule has 1 atom stereocenters. The predicted octanol–water partition coefficient (Wildman–Crippen LogP) is 3.26. The molecular formula is C14H18N2S. The molecular weight excluding hydrogens is 228 g/mol. The number of benzene rings is 1. The molecule has 1 N–H and O–H groups in total. The molecule has 0 aliphatic rings. The van der Waals surface area contributed by atoms with Crippen molar-refractivity contribution in [3.05, 3.63) is 51.5 Å². The quantitative estimate of drug-likeness (QED) is 0.895. The number of thiazole rings is 1. The first-order valence-electron chi connectivity index (χ1n) is 5.84. The lowest BCUT2D eigenvalue weighted by molar-refractivity contribution is 0.578. The molecule has 90 valence electrons. The third-order valence-electron chi connectivity index (χ3n) is 2.86. The van der Waals surface area contributed by atoms with Gasteiger partial charge in [0.2, 0.25) is 0 Å². The van der Waals surface area contributed by atoms with Crippen LogP contribution in [0.15, 0.2) is 29.6 Å². The summed E-state index contributed by atoms with van der Waals surface area (Å²) in [7, 11) is 2.00. The molecule has 17 heavy (non-hydrogen) atoms. The second-order valence-electron chi connectivity index (χ2n) is 4.33. The second-order valence-corrected chi connectivity index (χ2v) is 5.39. The third kappa shape index (κ3) is 3.14. The zero-order valence-corrected chi connectivity index (χ0v) is 11.3. The van der Waals surface area contributed by atoms with E-state index in [1.807, 2.05) is 14.0 Å². The lowest BCUT2D eigenvalue weighted by Gasteiger charge is -2.14. The minimum atomic E-state index is 0.307. The second kappa shape index (κ2) is 5.43. The highest BCUT2D eigenvalue weighted by Crippen LogP contribution is 2.20. The summed E-state index contributed by atoms with van der Waals surface area (Å²) >= 11 is 1.71. The number of likely N-dealkylation sites (N-methyl/N-ethyl adjacent to an activating group) is 1. The predicted molar refractivity (Wildman–Crippen MR) is 73.5 cm³/mol. The fourth-order valence-electron chi connectivity index (χ4n) is 1.97. The van der Waals surface area contributed by atoms with Crippen molar-refractivity contribution in [3.8, 4) is 0 Å². The summed E-state index contributed by atoms with van der Waals surface area (Å²) < 4.78 is 0. The highest BCUT2D eigenvalue weighted by Gasteiger charge is 2.12. The van der Waals surface area contributed by atoms with Crippen molar-refractivity contribution in [1.82, 2.24) is 10.3 Å². The monoisotopic (exact) mass is 246 g/mol. The van der Waals surface area contributed by atoms with E-state index in [0.29, 0.717) is 6.04 Å². The zero-order chi connectivity index (χ0) is 12.3. The molecule has 0 bridgehead atoms. The smallest absolute Gasteiger partial charge is 0.0898 e. The van der Waals surface area contributed by atoms with Gasteiger partial charge in [-0.2, -0.15) is 0 Å². The van der Waals surface area contributed by atoms with E-state index >= 15 is 0 Å². The molecule has 0 aliphatic heterocycles. The maximum Gasteiger partial charge on any atom is 0.0898 e. The van der Waals surface area contributed by atoms with Gasteiger partial charge in [0.15, 0.2) is 0 Å². The standard InChI is InChI=1S/C14H18N2S/c1-10-5-4-6-12(7-10)8-13(15-3)14-9-17-11(2)16-14/h4-7,9,13,15H,8H2,1-3H3. The summed E-state index contributed by atoms with van der Waals surface area (Å²) in [6.07, 6.45) is 0.987. The van der Waals surface area contributed by atoms with Gasteiger partial charge < -0.3 is 5.32 Å². The minimum Gasteiger partial charge on any atom is -0.311 e. The van der Waals surface area contributed by atoms with E-state index in [2.05, 4.69) is 46.9 Å². The zero-order valence-electron chi connectivity index (χ0n) is 10.5. The first-order chi connectivity index (χ1) is 8.19. The summed E-state index contributed by atoms with van der Waals surface area (Å²) in [5.41, 5.74) is 3.82. The highest BCUT2D eigenvalue weighted by atomic mass is 32.1. The van der Waals surface area contributed by atoms with Gasteiger partial charge in [0.25, 0.3) is 0 Å². The molecule has 1 aromatic carbocycles. The molecule has 3 heteroatoms. The van der Waals surface area contributed by atoms with Crippen LogP contribution in [0.3, 0.4) is 0 Å². The van der Waals surface area contributed by atoms with Crippen molar-refractivity contribution in [2.24, 2.45) is 0 Å². The van der Waals surface area contributed by atoms with Crippen LogP contribution in [-0.4, -0.2) is 12.0 Å². The van der Waals surface area contributed by atoms with Crippen molar-refractivity contribution in [2.45, 2.75) is 26.3 Å². The summed E-state index contributed by atoms with van der Waals surface area (Å²) in [6.45, 7) is 4.18. The van der Waals surface area contributed by atoms with Gasteiger partial charge in [0.05, 0.1) is 16.7 Å². The molecule has 2 rings (SSSR count). The molecule has 2 aromatic rings. The first kappa shape index (κ1) is 12.3. The van der Waals surface area contributed by atoms with E-state index < -0.39 is 0 Å². The number of hydrogen-bond acceptors (Lipinski definition) is 3. The highest BCUT2D eigenvalue weighted by molar-refractivity contribution is 7.09. The number of rotatable bonds is 4. The van der Waals surface area contributed by atoms with Crippen LogP contribution in [0.4, 0.5) is 0 Å². The molecule has 0 aliphatic carbocycles. The Morgan fingerprint density at radius 2 is 2.18 bits per heavy atom. The van der Waals surface area contributed by atoms with Crippen molar-refractivity contribution >= 4 is 11.3 Å². The van der Waals surface area contributed by atoms with Crippen LogP contribution in [-0.2, 0) is 6.42 Å². The number of nitrogens with one attached hydrogen (secondary N) is 1. The van der Waals surface area contributed by atoms with Gasteiger partial charge in [0.1, 0.15) is 0 Å². The van der Waals surface area contributed by atoms with Gasteiger partial charge >= 0.3 is 0 Å². The molecule has 0 amide bonds. The van der Waals surface area contributed by atoms with Crippen LogP contribution < -0.4 is 5.32 Å². The molecule has 0 saturated carbocycles. The number of nitrogens with zero attached hydrogens (tertiary/aromatic N) is 1. The molecule has 2 nitrogen and oxygen atoms in total. The Balaban J connectivity index is 2.15. The van der Waals surface area contributed by atoms with Crippen molar-refractivity contribution in [2.75, 3.05) is 7.05 Å². The average molecular weight is 246 g/mol. The van der Waals surface area contributed by atoms with Crippen LogP contribution >= 0.6 is 11.3 Å². The Bertz CT molecular complexity index is 490. The van der Waals surface area contributed by atoms with Gasteiger partial charge in [0, 0.05) is 5.38 Å². The maximum absolute atomic E-state index is 4.56. The fraction of sp³-hybridized carbons (Fsp3) is 0.357. The molecule has 0 saturated heterocycles. The first-order valence-corrected chi connectivity index (χ1v) is 6.72. The Labute approximate surface area is 107 Å². The summed E-state index contributed by atoms with van der Waals surface area (Å²) in [5.74, 6) is 0. The average Bonchev–Trinajstić information content (AvgIpc) is 2.73. The Morgan fingerprint density at radius 3 is 2.76 bits per heavy atom. The van der Waals surface area contributed by atoms with Crippen LogP contribution in [0.1, 0.15) is 27.9 Å². The van der Waals surface area contributed by atoms with Crippen LogP contribution in [0, 0.1) is 13.8 Å². The van der Waals surface area contributed by atoms with Gasteiger partial charge in [-0.3, -0.25) is 0 Å². The fourth-order valence-corrected chi connectivity index (χ4v) is 2.64. The maximum atomic E-state index is 4.56. The molecule has 1 unspecified atom stereocenters. The van der Waals surface area contributed by atoms with Crippen molar-refractivity contribution in [1.29, 1.82) is 0 Å². The molecule has 1 aromatic heterocycles.